The van der Waals surface area contributed by atoms with E-state index < -0.39 is 0 Å². The van der Waals surface area contributed by atoms with Gasteiger partial charge in [-0.25, -0.2) is 0 Å². The Hall–Kier alpha value is -3.01. The van der Waals surface area contributed by atoms with Crippen LogP contribution >= 0.6 is 23.2 Å². The quantitative estimate of drug-likeness (QED) is 0.362. The highest BCUT2D eigenvalue weighted by atomic mass is 35.5. The first kappa shape index (κ1) is 19.3. The highest BCUT2D eigenvalue weighted by Crippen LogP contribution is 2.33. The maximum atomic E-state index is 12.8. The molecule has 144 valence electrons. The van der Waals surface area contributed by atoms with Gasteiger partial charge >= 0.3 is 0 Å². The van der Waals surface area contributed by atoms with E-state index in [9.17, 15) is 4.79 Å². The Bertz CT molecular complexity index is 1160. The standard InChI is InChI=1S/C24H18Cl2N2O/c25-19-11-6-12-20(26)24(19)28-21-13-4-2-8-17(21)15-23(29)27-22-14-5-9-16-7-1-3-10-18(16)22/h1-14,28H,15H2,(H,27,29). The molecule has 0 aliphatic heterocycles. The Labute approximate surface area is 179 Å². The van der Waals surface area contributed by atoms with Crippen molar-refractivity contribution in [2.24, 2.45) is 0 Å². The second-order valence-corrected chi connectivity index (χ2v) is 7.44. The van der Waals surface area contributed by atoms with Crippen molar-refractivity contribution in [2.75, 3.05) is 10.6 Å². The molecule has 3 nitrogen and oxygen atoms in total. The summed E-state index contributed by atoms with van der Waals surface area (Å²) >= 11 is 12.5. The predicted molar refractivity (Wildman–Crippen MR) is 122 cm³/mol. The molecule has 0 saturated carbocycles. The number of para-hydroxylation sites is 2. The van der Waals surface area contributed by atoms with E-state index in [4.69, 9.17) is 23.2 Å². The van der Waals surface area contributed by atoms with Gasteiger partial charge in [0, 0.05) is 16.8 Å². The molecule has 0 fully saturated rings. The van der Waals surface area contributed by atoms with E-state index in [1.165, 1.54) is 0 Å². The van der Waals surface area contributed by atoms with Crippen LogP contribution < -0.4 is 10.6 Å². The van der Waals surface area contributed by atoms with Crippen molar-refractivity contribution >= 4 is 56.9 Å². The number of amides is 1. The number of nitrogens with one attached hydrogen (secondary N) is 2. The summed E-state index contributed by atoms with van der Waals surface area (Å²) in [7, 11) is 0. The minimum absolute atomic E-state index is 0.0964. The van der Waals surface area contributed by atoms with E-state index in [1.54, 1.807) is 18.2 Å². The molecule has 0 saturated heterocycles. The molecular weight excluding hydrogens is 403 g/mol. The second kappa shape index (κ2) is 8.56. The lowest BCUT2D eigenvalue weighted by Gasteiger charge is -2.15. The van der Waals surface area contributed by atoms with Crippen molar-refractivity contribution in [3.63, 3.8) is 0 Å². The Morgan fingerprint density at radius 3 is 2.17 bits per heavy atom. The summed E-state index contributed by atoms with van der Waals surface area (Å²) in [4.78, 5) is 12.8. The molecule has 4 aromatic carbocycles. The molecule has 1 amide bonds. The van der Waals surface area contributed by atoms with Gasteiger partial charge in [-0.2, -0.15) is 0 Å². The van der Waals surface area contributed by atoms with Gasteiger partial charge in [-0.1, -0.05) is 83.9 Å². The first-order valence-electron chi connectivity index (χ1n) is 9.18. The number of hydrogen-bond donors (Lipinski definition) is 2. The van der Waals surface area contributed by atoms with E-state index in [-0.39, 0.29) is 12.3 Å². The molecular formula is C24H18Cl2N2O. The zero-order valence-corrected chi connectivity index (χ0v) is 17.0. The first-order chi connectivity index (χ1) is 14.1. The third-order valence-corrected chi connectivity index (χ3v) is 5.28. The molecule has 0 aromatic heterocycles. The summed E-state index contributed by atoms with van der Waals surface area (Å²) in [5.41, 5.74) is 3.06. The zero-order valence-electron chi connectivity index (χ0n) is 15.5. The average molecular weight is 421 g/mol. The Morgan fingerprint density at radius 1 is 0.724 bits per heavy atom. The van der Waals surface area contributed by atoms with Crippen LogP contribution in [0, 0.1) is 0 Å². The predicted octanol–water partition coefficient (Wildman–Crippen LogP) is 7.07. The molecule has 29 heavy (non-hydrogen) atoms. The number of carbonyl (C=O) groups is 1. The summed E-state index contributed by atoms with van der Waals surface area (Å²) in [6.45, 7) is 0. The fourth-order valence-electron chi connectivity index (χ4n) is 3.25. The Balaban J connectivity index is 1.56. The number of carbonyl (C=O) groups excluding carboxylic acids is 1. The van der Waals surface area contributed by atoms with Crippen LogP contribution in [0.1, 0.15) is 5.56 Å². The summed E-state index contributed by atoms with van der Waals surface area (Å²) < 4.78 is 0. The maximum absolute atomic E-state index is 12.8. The van der Waals surface area contributed by atoms with Gasteiger partial charge in [-0.3, -0.25) is 4.79 Å². The molecule has 4 rings (SSSR count). The number of fused-ring (bicyclic) bond motifs is 1. The maximum Gasteiger partial charge on any atom is 0.228 e. The Kier molecular flexibility index (Phi) is 5.70. The normalized spacial score (nSPS) is 10.7. The van der Waals surface area contributed by atoms with Gasteiger partial charge in [0.1, 0.15) is 0 Å². The van der Waals surface area contributed by atoms with Crippen molar-refractivity contribution < 1.29 is 4.79 Å². The Morgan fingerprint density at radius 2 is 1.34 bits per heavy atom. The molecule has 0 radical (unpaired) electrons. The largest absolute Gasteiger partial charge is 0.353 e. The summed E-state index contributed by atoms with van der Waals surface area (Å²) in [5.74, 6) is -0.0964. The molecule has 0 spiro atoms. The van der Waals surface area contributed by atoms with Gasteiger partial charge in [-0.05, 0) is 35.2 Å². The van der Waals surface area contributed by atoms with Gasteiger partial charge in [-0.15, -0.1) is 0 Å². The van der Waals surface area contributed by atoms with Crippen molar-refractivity contribution in [3.8, 4) is 0 Å². The lowest BCUT2D eigenvalue weighted by atomic mass is 10.1. The van der Waals surface area contributed by atoms with Crippen LogP contribution in [0.3, 0.4) is 0 Å². The molecule has 4 aromatic rings. The minimum atomic E-state index is -0.0964. The molecule has 5 heteroatoms. The van der Waals surface area contributed by atoms with E-state index in [1.807, 2.05) is 66.7 Å². The van der Waals surface area contributed by atoms with Crippen molar-refractivity contribution in [1.82, 2.24) is 0 Å². The van der Waals surface area contributed by atoms with E-state index in [2.05, 4.69) is 10.6 Å². The molecule has 0 aliphatic carbocycles. The van der Waals surface area contributed by atoms with E-state index in [0.29, 0.717) is 15.7 Å². The summed E-state index contributed by atoms with van der Waals surface area (Å²) in [6, 6.07) is 26.8. The van der Waals surface area contributed by atoms with Crippen LogP contribution in [0.15, 0.2) is 84.9 Å². The van der Waals surface area contributed by atoms with Gasteiger partial charge in [0.2, 0.25) is 5.91 Å². The molecule has 0 atom stereocenters. The van der Waals surface area contributed by atoms with Crippen molar-refractivity contribution in [2.45, 2.75) is 6.42 Å². The van der Waals surface area contributed by atoms with Crippen LogP contribution in [0.25, 0.3) is 10.8 Å². The van der Waals surface area contributed by atoms with Crippen LogP contribution in [0.2, 0.25) is 10.0 Å². The van der Waals surface area contributed by atoms with Crippen LogP contribution in [0.4, 0.5) is 17.1 Å². The molecule has 2 N–H and O–H groups in total. The highest BCUT2D eigenvalue weighted by Gasteiger charge is 2.12. The fraction of sp³-hybridized carbons (Fsp3) is 0.0417. The van der Waals surface area contributed by atoms with Gasteiger partial charge in [0.25, 0.3) is 0 Å². The van der Waals surface area contributed by atoms with Crippen molar-refractivity contribution in [1.29, 1.82) is 0 Å². The zero-order chi connectivity index (χ0) is 20.2. The molecule has 0 unspecified atom stereocenters. The smallest absolute Gasteiger partial charge is 0.228 e. The third kappa shape index (κ3) is 4.37. The number of anilines is 3. The highest BCUT2D eigenvalue weighted by molar-refractivity contribution is 6.39. The van der Waals surface area contributed by atoms with Gasteiger partial charge in [0.05, 0.1) is 22.2 Å². The molecule has 0 heterocycles. The van der Waals surface area contributed by atoms with Gasteiger partial charge in [0.15, 0.2) is 0 Å². The second-order valence-electron chi connectivity index (χ2n) is 6.63. The minimum Gasteiger partial charge on any atom is -0.353 e. The van der Waals surface area contributed by atoms with Crippen LogP contribution in [0.5, 0.6) is 0 Å². The first-order valence-corrected chi connectivity index (χ1v) is 9.94. The average Bonchev–Trinajstić information content (AvgIpc) is 2.72. The number of halogens is 2. The number of hydrogen-bond acceptors (Lipinski definition) is 2. The fourth-order valence-corrected chi connectivity index (χ4v) is 3.74. The molecule has 0 aliphatic rings. The van der Waals surface area contributed by atoms with Crippen molar-refractivity contribution in [3.05, 3.63) is 101 Å². The van der Waals surface area contributed by atoms with E-state index >= 15 is 0 Å². The summed E-state index contributed by atoms with van der Waals surface area (Å²) in [5, 5.41) is 9.43. The number of benzene rings is 4. The third-order valence-electron chi connectivity index (χ3n) is 4.65. The number of rotatable bonds is 5. The monoisotopic (exact) mass is 420 g/mol. The molecule has 0 bridgehead atoms. The summed E-state index contributed by atoms with van der Waals surface area (Å²) in [6.07, 6.45) is 0.217. The lowest BCUT2D eigenvalue weighted by molar-refractivity contribution is -0.115. The van der Waals surface area contributed by atoms with Crippen LogP contribution in [-0.2, 0) is 11.2 Å². The van der Waals surface area contributed by atoms with Crippen LogP contribution in [-0.4, -0.2) is 5.91 Å². The topological polar surface area (TPSA) is 41.1 Å². The van der Waals surface area contributed by atoms with Gasteiger partial charge < -0.3 is 10.6 Å². The van der Waals surface area contributed by atoms with E-state index in [0.717, 1.165) is 27.7 Å². The lowest BCUT2D eigenvalue weighted by Crippen LogP contribution is -2.15. The SMILES string of the molecule is O=C(Cc1ccccc1Nc1c(Cl)cccc1Cl)Nc1cccc2ccccc12.